The van der Waals surface area contributed by atoms with E-state index in [-0.39, 0.29) is 42.8 Å². The van der Waals surface area contributed by atoms with Crippen molar-refractivity contribution >= 4 is 46.1 Å². The van der Waals surface area contributed by atoms with Crippen LogP contribution in [0.2, 0.25) is 0 Å². The van der Waals surface area contributed by atoms with E-state index in [9.17, 15) is 28.8 Å². The molecule has 12 heteroatoms. The summed E-state index contributed by atoms with van der Waals surface area (Å²) in [7, 11) is 0. The van der Waals surface area contributed by atoms with Gasteiger partial charge < -0.3 is 30.3 Å². The number of Topliss-reactive ketones (excluding diaryl/α,β-unsaturated/α-hetero) is 1. The van der Waals surface area contributed by atoms with E-state index in [0.717, 1.165) is 42.1 Å². The van der Waals surface area contributed by atoms with Crippen LogP contribution in [0.25, 0.3) is 11.0 Å². The maximum absolute atomic E-state index is 13.6. The molecule has 4 amide bonds. The minimum absolute atomic E-state index is 0.00613. The first-order valence-electron chi connectivity index (χ1n) is 16.1. The quantitative estimate of drug-likeness (QED) is 0.192. The third-order valence-corrected chi connectivity index (χ3v) is 8.32. The number of rotatable bonds is 14. The average molecular weight is 646 g/mol. The highest BCUT2D eigenvalue weighted by atomic mass is 16.3. The summed E-state index contributed by atoms with van der Waals surface area (Å²) in [5.74, 6) is -3.31. The number of hydrogen-bond acceptors (Lipinski definition) is 7. The molecule has 4 rings (SSSR count). The molecule has 0 radical (unpaired) electrons. The molecule has 250 valence electrons. The second kappa shape index (κ2) is 16.0. The molecule has 0 spiro atoms. The van der Waals surface area contributed by atoms with Gasteiger partial charge in [0.1, 0.15) is 23.9 Å². The third-order valence-electron chi connectivity index (χ3n) is 8.32. The number of nitrogens with one attached hydrogen (secondary N) is 4. The minimum atomic E-state index is -1.31. The predicted molar refractivity (Wildman–Crippen MR) is 178 cm³/mol. The van der Waals surface area contributed by atoms with E-state index < -0.39 is 41.0 Å². The average Bonchev–Trinajstić information content (AvgIpc) is 3.44. The van der Waals surface area contributed by atoms with Gasteiger partial charge in [0, 0.05) is 35.3 Å². The molecule has 3 aromatic rings. The number of anilines is 1. The molecular weight excluding hydrogens is 602 g/mol. The van der Waals surface area contributed by atoms with Crippen LogP contribution in [0.1, 0.15) is 81.8 Å². The lowest BCUT2D eigenvalue weighted by Gasteiger charge is -2.22. The first-order valence-corrected chi connectivity index (χ1v) is 16.1. The second-order valence-corrected chi connectivity index (χ2v) is 12.1. The molecule has 0 saturated heterocycles. The second-order valence-electron chi connectivity index (χ2n) is 12.1. The smallest absolute Gasteiger partial charge is 0.287 e. The Morgan fingerprint density at radius 3 is 2.45 bits per heavy atom. The van der Waals surface area contributed by atoms with Crippen molar-refractivity contribution in [1.29, 1.82) is 0 Å². The highest BCUT2D eigenvalue weighted by Gasteiger charge is 2.29. The van der Waals surface area contributed by atoms with Crippen molar-refractivity contribution in [3.63, 3.8) is 0 Å². The van der Waals surface area contributed by atoms with Gasteiger partial charge in [-0.2, -0.15) is 0 Å². The first-order chi connectivity index (χ1) is 22.5. The lowest BCUT2D eigenvalue weighted by atomic mass is 9.95. The van der Waals surface area contributed by atoms with Crippen molar-refractivity contribution in [1.82, 2.24) is 20.5 Å². The summed E-state index contributed by atoms with van der Waals surface area (Å²) in [6, 6.07) is 8.68. The minimum Gasteiger partial charge on any atom is -0.451 e. The molecule has 1 aromatic carbocycles. The Hall–Kier alpha value is -5.00. The number of fused-ring (bicyclic) bond motifs is 1. The van der Waals surface area contributed by atoms with Crippen LogP contribution >= 0.6 is 0 Å². The Morgan fingerprint density at radius 2 is 1.74 bits per heavy atom. The summed E-state index contributed by atoms with van der Waals surface area (Å²) in [5.41, 5.74) is 0.889. The fraction of sp³-hybridized carbons (Fsp3) is 0.429. The summed E-state index contributed by atoms with van der Waals surface area (Å²) in [4.78, 5) is 78.3. The molecule has 1 aliphatic carbocycles. The van der Waals surface area contributed by atoms with Gasteiger partial charge >= 0.3 is 0 Å². The zero-order valence-corrected chi connectivity index (χ0v) is 27.1. The van der Waals surface area contributed by atoms with Gasteiger partial charge in [0.15, 0.2) is 5.76 Å². The van der Waals surface area contributed by atoms with Gasteiger partial charge in [0.25, 0.3) is 17.4 Å². The molecule has 2 aromatic heterocycles. The third kappa shape index (κ3) is 9.05. The van der Waals surface area contributed by atoms with Crippen molar-refractivity contribution in [3.8, 4) is 0 Å². The fourth-order valence-electron chi connectivity index (χ4n) is 5.52. The van der Waals surface area contributed by atoms with E-state index in [4.69, 9.17) is 4.42 Å². The van der Waals surface area contributed by atoms with Gasteiger partial charge in [-0.15, -0.1) is 0 Å². The van der Waals surface area contributed by atoms with Crippen LogP contribution in [0.3, 0.4) is 0 Å². The van der Waals surface area contributed by atoms with Crippen molar-refractivity contribution in [3.05, 3.63) is 76.5 Å². The van der Waals surface area contributed by atoms with Crippen molar-refractivity contribution in [2.24, 2.45) is 5.92 Å². The Labute approximate surface area is 273 Å². The largest absolute Gasteiger partial charge is 0.451 e. The summed E-state index contributed by atoms with van der Waals surface area (Å²) in [6.07, 6.45) is 6.02. The number of amides is 4. The zero-order chi connectivity index (χ0) is 34.1. The molecule has 1 atom stereocenters. The topological polar surface area (TPSA) is 169 Å². The highest BCUT2D eigenvalue weighted by molar-refractivity contribution is 6.36. The fourth-order valence-corrected chi connectivity index (χ4v) is 5.52. The van der Waals surface area contributed by atoms with Crippen LogP contribution in [-0.2, 0) is 32.1 Å². The van der Waals surface area contributed by atoms with E-state index in [0.29, 0.717) is 23.3 Å². The van der Waals surface area contributed by atoms with E-state index in [1.165, 1.54) is 18.3 Å². The molecule has 2 heterocycles. The molecule has 12 nitrogen and oxygen atoms in total. The van der Waals surface area contributed by atoms with Crippen LogP contribution in [0, 0.1) is 5.92 Å². The van der Waals surface area contributed by atoms with Gasteiger partial charge in [-0.1, -0.05) is 64.8 Å². The summed E-state index contributed by atoms with van der Waals surface area (Å²) < 4.78 is 6.97. The molecule has 47 heavy (non-hydrogen) atoms. The zero-order valence-electron chi connectivity index (χ0n) is 27.1. The van der Waals surface area contributed by atoms with Crippen molar-refractivity contribution in [2.45, 2.75) is 90.8 Å². The van der Waals surface area contributed by atoms with Gasteiger partial charge in [-0.05, 0) is 49.8 Å². The van der Waals surface area contributed by atoms with E-state index in [2.05, 4.69) is 27.8 Å². The number of hydrogen-bond donors (Lipinski definition) is 4. The molecule has 1 aliphatic rings. The van der Waals surface area contributed by atoms with Gasteiger partial charge in [0.05, 0.1) is 0 Å². The summed E-state index contributed by atoms with van der Waals surface area (Å²) >= 11 is 0. The molecule has 1 unspecified atom stereocenters. The molecule has 1 saturated carbocycles. The monoisotopic (exact) mass is 645 g/mol. The number of nitrogens with zero attached hydrogens (tertiary/aromatic N) is 1. The molecule has 0 bridgehead atoms. The van der Waals surface area contributed by atoms with E-state index in [1.807, 2.05) is 32.9 Å². The van der Waals surface area contributed by atoms with Crippen molar-refractivity contribution in [2.75, 3.05) is 5.32 Å². The van der Waals surface area contributed by atoms with Crippen LogP contribution in [0.4, 0.5) is 5.69 Å². The van der Waals surface area contributed by atoms with Gasteiger partial charge in [0.2, 0.25) is 17.6 Å². The predicted octanol–water partition coefficient (Wildman–Crippen LogP) is 3.98. The Bertz CT molecular complexity index is 1710. The molecule has 4 N–H and O–H groups in total. The molecular formula is C35H43N5O7. The number of ketones is 1. The highest BCUT2D eigenvalue weighted by Crippen LogP contribution is 2.26. The number of carbonyl (C=O) groups excluding carboxylic acids is 5. The van der Waals surface area contributed by atoms with Gasteiger partial charge in [-0.25, -0.2) is 0 Å². The summed E-state index contributed by atoms with van der Waals surface area (Å²) in [6.45, 7) is 9.11. The maximum Gasteiger partial charge on any atom is 0.287 e. The van der Waals surface area contributed by atoms with E-state index >= 15 is 0 Å². The summed E-state index contributed by atoms with van der Waals surface area (Å²) in [5, 5.41) is 11.4. The lowest BCUT2D eigenvalue weighted by Crippen LogP contribution is -2.46. The lowest BCUT2D eigenvalue weighted by molar-refractivity contribution is -0.138. The van der Waals surface area contributed by atoms with E-state index in [1.54, 1.807) is 12.1 Å². The number of pyridine rings is 1. The van der Waals surface area contributed by atoms with Crippen LogP contribution in [0.5, 0.6) is 0 Å². The van der Waals surface area contributed by atoms with Crippen LogP contribution < -0.4 is 26.8 Å². The Kier molecular flexibility index (Phi) is 11.9. The SMILES string of the molecule is C=C(NC(=O)Cn1cccc(NC(=O)C(CCC(=O)C(=O)NC2CCCCC2)NC(=O)c2oc3ccccc3c2CC)c1=O)C(C)C. The van der Waals surface area contributed by atoms with Crippen LogP contribution in [0.15, 0.2) is 64.1 Å². The standard InChI is InChI=1S/C35H43N5O7/c1-5-24-25-14-9-10-16-29(25)47-31(24)34(45)38-26(17-18-28(41)33(44)37-23-12-7-6-8-13-23)32(43)39-27-15-11-19-40(35(27)46)20-30(42)36-22(4)21(2)3/h9-11,14-16,19,21,23,26H,4-8,12-13,17-18,20H2,1-3H3,(H,36,42)(H,37,44)(H,38,45)(H,39,43). The molecule has 1 fully saturated rings. The number of aryl methyl sites for hydroxylation is 1. The Morgan fingerprint density at radius 1 is 1.02 bits per heavy atom. The Balaban J connectivity index is 1.52. The number of benzene rings is 1. The van der Waals surface area contributed by atoms with Crippen molar-refractivity contribution < 1.29 is 28.4 Å². The number of para-hydroxylation sites is 1. The number of aromatic nitrogens is 1. The number of carbonyl (C=O) groups is 5. The number of allylic oxidation sites excluding steroid dienone is 1. The van der Waals surface area contributed by atoms with Crippen LogP contribution in [-0.4, -0.2) is 46.1 Å². The molecule has 0 aliphatic heterocycles. The number of furan rings is 1. The first kappa shape index (κ1) is 34.9. The van der Waals surface area contributed by atoms with Gasteiger partial charge in [-0.3, -0.25) is 28.8 Å². The maximum atomic E-state index is 13.6. The normalized spacial score (nSPS) is 14.0.